The van der Waals surface area contributed by atoms with Crippen molar-refractivity contribution in [3.05, 3.63) is 87.4 Å². The smallest absolute Gasteiger partial charge is 0.337 e. The number of hydrogen-bond donors (Lipinski definition) is 2. The molecule has 0 saturated heterocycles. The lowest BCUT2D eigenvalue weighted by molar-refractivity contribution is 0.0695. The van der Waals surface area contributed by atoms with Crippen LogP contribution in [0.4, 0.5) is 4.39 Å². The minimum atomic E-state index is -0.967. The maximum Gasteiger partial charge on any atom is 0.337 e. The van der Waals surface area contributed by atoms with E-state index in [0.717, 1.165) is 16.9 Å². The molecule has 2 aromatic carbocycles. The van der Waals surface area contributed by atoms with Gasteiger partial charge in [0.2, 0.25) is 0 Å². The second kappa shape index (κ2) is 7.94. The highest BCUT2D eigenvalue weighted by molar-refractivity contribution is 6.30. The summed E-state index contributed by atoms with van der Waals surface area (Å²) < 4.78 is 15.2. The minimum Gasteiger partial charge on any atom is -0.478 e. The van der Waals surface area contributed by atoms with Crippen LogP contribution in [-0.4, -0.2) is 15.6 Å². The van der Waals surface area contributed by atoms with E-state index in [9.17, 15) is 14.3 Å². The number of benzene rings is 2. The molecule has 0 spiro atoms. The Morgan fingerprint density at radius 2 is 1.81 bits per heavy atom. The lowest BCUT2D eigenvalue weighted by Crippen LogP contribution is -2.15. The molecule has 0 saturated carbocycles. The van der Waals surface area contributed by atoms with Gasteiger partial charge in [0.25, 0.3) is 0 Å². The lowest BCUT2D eigenvalue weighted by atomic mass is 10.1. The number of carbonyl (C=O) groups is 1. The Morgan fingerprint density at radius 1 is 1.11 bits per heavy atom. The highest BCUT2D eigenvalue weighted by Crippen LogP contribution is 2.27. The monoisotopic (exact) mass is 386 g/mol. The second-order valence-corrected chi connectivity index (χ2v) is 6.81. The number of nitrogens with zero attached hydrogens (tertiary/aromatic N) is 1. The summed E-state index contributed by atoms with van der Waals surface area (Å²) in [6.45, 7) is 4.50. The van der Waals surface area contributed by atoms with Crippen molar-refractivity contribution in [1.82, 2.24) is 9.88 Å². The third-order valence-corrected chi connectivity index (χ3v) is 4.84. The first kappa shape index (κ1) is 19.1. The SMILES string of the molecule is Cc1c(CNCc2cccc(F)c2)c(C(=O)O)c(C)n1-c1ccc(Cl)cc1. The summed E-state index contributed by atoms with van der Waals surface area (Å²) in [5, 5.41) is 13.6. The van der Waals surface area contributed by atoms with E-state index in [0.29, 0.717) is 29.4 Å². The van der Waals surface area contributed by atoms with Crippen LogP contribution in [0.15, 0.2) is 48.5 Å². The summed E-state index contributed by atoms with van der Waals surface area (Å²) in [6, 6.07) is 13.6. The molecule has 0 aliphatic carbocycles. The van der Waals surface area contributed by atoms with Gasteiger partial charge in [-0.15, -0.1) is 0 Å². The Hall–Kier alpha value is -2.63. The molecule has 1 heterocycles. The summed E-state index contributed by atoms with van der Waals surface area (Å²) in [5.41, 5.74) is 4.16. The highest BCUT2D eigenvalue weighted by Gasteiger charge is 2.23. The third kappa shape index (κ3) is 4.04. The fraction of sp³-hybridized carbons (Fsp3) is 0.190. The van der Waals surface area contributed by atoms with Gasteiger partial charge in [0, 0.05) is 40.8 Å². The average Bonchev–Trinajstić information content (AvgIpc) is 2.86. The molecule has 0 amide bonds. The molecule has 0 radical (unpaired) electrons. The van der Waals surface area contributed by atoms with E-state index in [2.05, 4.69) is 5.32 Å². The topological polar surface area (TPSA) is 54.3 Å². The van der Waals surface area contributed by atoms with Crippen LogP contribution < -0.4 is 5.32 Å². The zero-order valence-electron chi connectivity index (χ0n) is 15.1. The largest absolute Gasteiger partial charge is 0.478 e. The van der Waals surface area contributed by atoms with Gasteiger partial charge in [0.05, 0.1) is 5.56 Å². The van der Waals surface area contributed by atoms with Crippen LogP contribution in [0.25, 0.3) is 5.69 Å². The molecule has 2 N–H and O–H groups in total. The van der Waals surface area contributed by atoms with E-state index in [1.54, 1.807) is 25.1 Å². The molecule has 0 fully saturated rings. The van der Waals surface area contributed by atoms with Crippen molar-refractivity contribution in [2.45, 2.75) is 26.9 Å². The minimum absolute atomic E-state index is 0.286. The van der Waals surface area contributed by atoms with Gasteiger partial charge < -0.3 is 15.0 Å². The van der Waals surface area contributed by atoms with Gasteiger partial charge in [0.15, 0.2) is 0 Å². The number of rotatable bonds is 6. The fourth-order valence-electron chi connectivity index (χ4n) is 3.35. The van der Waals surface area contributed by atoms with Crippen molar-refractivity contribution in [2.24, 2.45) is 0 Å². The standard InChI is InChI=1S/C21H20ClFN2O2/c1-13-19(12-24-11-15-4-3-5-17(23)10-15)20(21(26)27)14(2)25(13)18-8-6-16(22)7-9-18/h3-10,24H,11-12H2,1-2H3,(H,26,27). The van der Waals surface area contributed by atoms with Gasteiger partial charge >= 0.3 is 5.97 Å². The average molecular weight is 387 g/mol. The van der Waals surface area contributed by atoms with Crippen molar-refractivity contribution in [2.75, 3.05) is 0 Å². The van der Waals surface area contributed by atoms with Crippen LogP contribution in [0.3, 0.4) is 0 Å². The van der Waals surface area contributed by atoms with E-state index >= 15 is 0 Å². The van der Waals surface area contributed by atoms with Crippen molar-refractivity contribution < 1.29 is 14.3 Å². The van der Waals surface area contributed by atoms with E-state index < -0.39 is 5.97 Å². The van der Waals surface area contributed by atoms with Crippen LogP contribution in [0.1, 0.15) is 32.9 Å². The second-order valence-electron chi connectivity index (χ2n) is 6.37. The zero-order valence-corrected chi connectivity index (χ0v) is 15.8. The van der Waals surface area contributed by atoms with Gasteiger partial charge in [-0.25, -0.2) is 9.18 Å². The fourth-order valence-corrected chi connectivity index (χ4v) is 3.48. The summed E-state index contributed by atoms with van der Waals surface area (Å²) in [7, 11) is 0. The van der Waals surface area contributed by atoms with Crippen molar-refractivity contribution in [3.8, 4) is 5.69 Å². The molecule has 1 aromatic heterocycles. The number of carboxylic acids is 1. The Labute approximate surface area is 162 Å². The maximum atomic E-state index is 13.3. The summed E-state index contributed by atoms with van der Waals surface area (Å²) >= 11 is 5.96. The van der Waals surface area contributed by atoms with E-state index in [1.807, 2.05) is 29.7 Å². The Morgan fingerprint density at radius 3 is 2.44 bits per heavy atom. The number of hydrogen-bond acceptors (Lipinski definition) is 2. The molecule has 0 aliphatic rings. The molecule has 0 aliphatic heterocycles. The quantitative estimate of drug-likeness (QED) is 0.635. The van der Waals surface area contributed by atoms with Crippen LogP contribution in [-0.2, 0) is 13.1 Å². The summed E-state index contributed by atoms with van der Waals surface area (Å²) in [4.78, 5) is 11.9. The van der Waals surface area contributed by atoms with E-state index in [-0.39, 0.29) is 11.4 Å². The normalized spacial score (nSPS) is 11.0. The molecule has 0 bridgehead atoms. The summed E-state index contributed by atoms with van der Waals surface area (Å²) in [5.74, 6) is -1.26. The first-order chi connectivity index (χ1) is 12.9. The van der Waals surface area contributed by atoms with Gasteiger partial charge in [-0.3, -0.25) is 0 Å². The third-order valence-electron chi connectivity index (χ3n) is 4.59. The molecule has 6 heteroatoms. The first-order valence-corrected chi connectivity index (χ1v) is 8.91. The first-order valence-electron chi connectivity index (χ1n) is 8.53. The van der Waals surface area contributed by atoms with Gasteiger partial charge in [0.1, 0.15) is 5.82 Å². The molecular weight excluding hydrogens is 367 g/mol. The lowest BCUT2D eigenvalue weighted by Gasteiger charge is -2.10. The van der Waals surface area contributed by atoms with Gasteiger partial charge in [-0.2, -0.15) is 0 Å². The molecule has 0 atom stereocenters. The Bertz CT molecular complexity index is 981. The highest BCUT2D eigenvalue weighted by atomic mass is 35.5. The van der Waals surface area contributed by atoms with E-state index in [4.69, 9.17) is 11.6 Å². The number of carboxylic acid groups (broad SMARTS) is 1. The van der Waals surface area contributed by atoms with Crippen LogP contribution in [0.5, 0.6) is 0 Å². The molecular formula is C21H20ClFN2O2. The number of aromatic nitrogens is 1. The Kier molecular flexibility index (Phi) is 5.63. The van der Waals surface area contributed by atoms with Crippen LogP contribution in [0.2, 0.25) is 5.02 Å². The van der Waals surface area contributed by atoms with Crippen LogP contribution >= 0.6 is 11.6 Å². The van der Waals surface area contributed by atoms with Crippen molar-refractivity contribution >= 4 is 17.6 Å². The Balaban J connectivity index is 1.91. The molecule has 27 heavy (non-hydrogen) atoms. The predicted octanol–water partition coefficient (Wildman–Crippen LogP) is 4.87. The molecule has 140 valence electrons. The molecule has 4 nitrogen and oxygen atoms in total. The molecule has 3 aromatic rings. The maximum absolute atomic E-state index is 13.3. The predicted molar refractivity (Wildman–Crippen MR) is 104 cm³/mol. The number of aromatic carboxylic acids is 1. The van der Waals surface area contributed by atoms with Crippen molar-refractivity contribution in [3.63, 3.8) is 0 Å². The summed E-state index contributed by atoms with van der Waals surface area (Å²) in [6.07, 6.45) is 0. The van der Waals surface area contributed by atoms with Gasteiger partial charge in [-0.1, -0.05) is 23.7 Å². The number of nitrogens with one attached hydrogen (secondary N) is 1. The van der Waals surface area contributed by atoms with E-state index in [1.165, 1.54) is 12.1 Å². The molecule has 0 unspecified atom stereocenters. The van der Waals surface area contributed by atoms with Crippen molar-refractivity contribution in [1.29, 1.82) is 0 Å². The zero-order chi connectivity index (χ0) is 19.6. The van der Waals surface area contributed by atoms with Gasteiger partial charge in [-0.05, 0) is 55.8 Å². The number of halogens is 2. The van der Waals surface area contributed by atoms with Crippen LogP contribution in [0, 0.1) is 19.7 Å². The molecule has 3 rings (SSSR count).